The molecule has 2 nitrogen and oxygen atoms in total. The summed E-state index contributed by atoms with van der Waals surface area (Å²) in [5.41, 5.74) is 0.811. The third-order valence-electron chi connectivity index (χ3n) is 2.33. The van der Waals surface area contributed by atoms with Crippen LogP contribution in [-0.4, -0.2) is 19.1 Å². The van der Waals surface area contributed by atoms with Crippen LogP contribution in [0.1, 0.15) is 13.8 Å². The van der Waals surface area contributed by atoms with E-state index in [9.17, 15) is 4.39 Å². The molecular formula is C11H16ClFN2. The molecule has 0 bridgehead atoms. The lowest BCUT2D eigenvalue weighted by Gasteiger charge is -2.24. The van der Waals surface area contributed by atoms with Crippen molar-refractivity contribution in [1.29, 1.82) is 0 Å². The second-order valence-electron chi connectivity index (χ2n) is 4.12. The molecule has 15 heavy (non-hydrogen) atoms. The van der Waals surface area contributed by atoms with Gasteiger partial charge in [0.1, 0.15) is 5.82 Å². The van der Waals surface area contributed by atoms with Gasteiger partial charge >= 0.3 is 0 Å². The van der Waals surface area contributed by atoms with Crippen LogP contribution < -0.4 is 10.6 Å². The second kappa shape index (κ2) is 4.81. The predicted octanol–water partition coefficient (Wildman–Crippen LogP) is 2.89. The van der Waals surface area contributed by atoms with Gasteiger partial charge in [-0.15, -0.1) is 0 Å². The molecular weight excluding hydrogens is 215 g/mol. The van der Waals surface area contributed by atoms with E-state index in [1.54, 1.807) is 12.1 Å². The number of anilines is 1. The molecule has 1 rings (SSSR count). The molecule has 0 radical (unpaired) electrons. The number of rotatable bonds is 4. The summed E-state index contributed by atoms with van der Waals surface area (Å²) < 4.78 is 12.9. The normalized spacial score (nSPS) is 11.5. The van der Waals surface area contributed by atoms with Gasteiger partial charge < -0.3 is 10.6 Å². The summed E-state index contributed by atoms with van der Waals surface area (Å²) in [4.78, 5) is 0. The number of halogens is 2. The standard InChI is InChI=1S/C11H16ClFN2/c1-11(2,14-3)7-15-8-4-5-10(13)9(12)6-8/h4-6,14-15H,7H2,1-3H3. The zero-order chi connectivity index (χ0) is 11.5. The Labute approximate surface area is 94.8 Å². The lowest BCUT2D eigenvalue weighted by molar-refractivity contribution is 0.448. The number of hydrogen-bond donors (Lipinski definition) is 2. The summed E-state index contributed by atoms with van der Waals surface area (Å²) in [6.07, 6.45) is 0. The van der Waals surface area contributed by atoms with Crippen LogP contribution in [0.15, 0.2) is 18.2 Å². The molecule has 0 aliphatic heterocycles. The van der Waals surface area contributed by atoms with E-state index in [4.69, 9.17) is 11.6 Å². The molecule has 0 aromatic heterocycles. The van der Waals surface area contributed by atoms with Gasteiger partial charge in [-0.2, -0.15) is 0 Å². The second-order valence-corrected chi connectivity index (χ2v) is 4.52. The van der Waals surface area contributed by atoms with E-state index < -0.39 is 5.82 Å². The summed E-state index contributed by atoms with van der Waals surface area (Å²) in [5, 5.41) is 6.50. The van der Waals surface area contributed by atoms with Gasteiger partial charge in [0.25, 0.3) is 0 Å². The van der Waals surface area contributed by atoms with Gasteiger partial charge in [-0.05, 0) is 39.1 Å². The van der Waals surface area contributed by atoms with Crippen molar-refractivity contribution in [1.82, 2.24) is 5.32 Å². The molecule has 1 aromatic rings. The highest BCUT2D eigenvalue weighted by molar-refractivity contribution is 6.31. The van der Waals surface area contributed by atoms with Crippen molar-refractivity contribution in [3.63, 3.8) is 0 Å². The summed E-state index contributed by atoms with van der Waals surface area (Å²) in [6.45, 7) is 4.89. The van der Waals surface area contributed by atoms with Crippen LogP contribution in [0, 0.1) is 5.82 Å². The van der Waals surface area contributed by atoms with E-state index in [-0.39, 0.29) is 10.6 Å². The molecule has 0 saturated heterocycles. The number of hydrogen-bond acceptors (Lipinski definition) is 2. The van der Waals surface area contributed by atoms with Crippen LogP contribution in [-0.2, 0) is 0 Å². The Morgan fingerprint density at radius 3 is 2.60 bits per heavy atom. The Hall–Kier alpha value is -0.800. The van der Waals surface area contributed by atoms with Gasteiger partial charge in [0.2, 0.25) is 0 Å². The quantitative estimate of drug-likeness (QED) is 0.831. The Bertz CT molecular complexity index is 339. The monoisotopic (exact) mass is 230 g/mol. The molecule has 0 amide bonds. The lowest BCUT2D eigenvalue weighted by atomic mass is 10.1. The molecule has 0 atom stereocenters. The van der Waals surface area contributed by atoms with Crippen molar-refractivity contribution in [3.05, 3.63) is 29.0 Å². The average Bonchev–Trinajstić information content (AvgIpc) is 2.20. The largest absolute Gasteiger partial charge is 0.383 e. The van der Waals surface area contributed by atoms with E-state index in [0.29, 0.717) is 0 Å². The molecule has 2 N–H and O–H groups in total. The Balaban J connectivity index is 2.62. The van der Waals surface area contributed by atoms with E-state index in [1.807, 2.05) is 7.05 Å². The number of nitrogens with one attached hydrogen (secondary N) is 2. The van der Waals surface area contributed by atoms with E-state index in [2.05, 4.69) is 24.5 Å². The molecule has 0 saturated carbocycles. The van der Waals surface area contributed by atoms with Crippen molar-refractivity contribution in [2.75, 3.05) is 18.9 Å². The zero-order valence-corrected chi connectivity index (χ0v) is 9.95. The van der Waals surface area contributed by atoms with E-state index in [0.717, 1.165) is 12.2 Å². The van der Waals surface area contributed by atoms with Crippen LogP contribution in [0.4, 0.5) is 10.1 Å². The zero-order valence-electron chi connectivity index (χ0n) is 9.20. The van der Waals surface area contributed by atoms with Crippen molar-refractivity contribution >= 4 is 17.3 Å². The highest BCUT2D eigenvalue weighted by Crippen LogP contribution is 2.19. The third-order valence-corrected chi connectivity index (χ3v) is 2.62. The highest BCUT2D eigenvalue weighted by atomic mass is 35.5. The molecule has 84 valence electrons. The molecule has 0 unspecified atom stereocenters. The predicted molar refractivity (Wildman–Crippen MR) is 63.0 cm³/mol. The minimum atomic E-state index is -0.393. The van der Waals surface area contributed by atoms with Crippen molar-refractivity contribution in [2.24, 2.45) is 0 Å². The highest BCUT2D eigenvalue weighted by Gasteiger charge is 2.13. The Morgan fingerprint density at radius 1 is 1.40 bits per heavy atom. The molecule has 0 spiro atoms. The van der Waals surface area contributed by atoms with Crippen LogP contribution in [0.25, 0.3) is 0 Å². The van der Waals surface area contributed by atoms with Crippen molar-refractivity contribution < 1.29 is 4.39 Å². The number of likely N-dealkylation sites (N-methyl/N-ethyl adjacent to an activating group) is 1. The Kier molecular flexibility index (Phi) is 3.94. The SMILES string of the molecule is CNC(C)(C)CNc1ccc(F)c(Cl)c1. The van der Waals surface area contributed by atoms with Gasteiger partial charge in [-0.3, -0.25) is 0 Å². The minimum Gasteiger partial charge on any atom is -0.383 e. The first kappa shape index (κ1) is 12.3. The molecule has 1 aromatic carbocycles. The van der Waals surface area contributed by atoms with E-state index in [1.165, 1.54) is 6.07 Å². The van der Waals surface area contributed by atoms with Gasteiger partial charge in [0.15, 0.2) is 0 Å². The summed E-state index contributed by atoms with van der Waals surface area (Å²) in [5.74, 6) is -0.393. The molecule has 0 fully saturated rings. The summed E-state index contributed by atoms with van der Waals surface area (Å²) in [7, 11) is 1.90. The maximum Gasteiger partial charge on any atom is 0.141 e. The van der Waals surface area contributed by atoms with Crippen molar-refractivity contribution in [3.8, 4) is 0 Å². The summed E-state index contributed by atoms with van der Waals surface area (Å²) in [6, 6.07) is 4.62. The fourth-order valence-electron chi connectivity index (χ4n) is 1.02. The van der Waals surface area contributed by atoms with Crippen molar-refractivity contribution in [2.45, 2.75) is 19.4 Å². The maximum atomic E-state index is 12.9. The minimum absolute atomic E-state index is 0.0130. The van der Waals surface area contributed by atoms with Gasteiger partial charge in [-0.1, -0.05) is 11.6 Å². The fraction of sp³-hybridized carbons (Fsp3) is 0.455. The van der Waals surface area contributed by atoms with Crippen LogP contribution in [0.2, 0.25) is 5.02 Å². The Morgan fingerprint density at radius 2 is 2.07 bits per heavy atom. The lowest BCUT2D eigenvalue weighted by Crippen LogP contribution is -2.42. The maximum absolute atomic E-state index is 12.9. The molecule has 0 heterocycles. The fourth-order valence-corrected chi connectivity index (χ4v) is 1.20. The average molecular weight is 231 g/mol. The van der Waals surface area contributed by atoms with Crippen LogP contribution >= 0.6 is 11.6 Å². The summed E-state index contributed by atoms with van der Waals surface area (Å²) >= 11 is 5.67. The topological polar surface area (TPSA) is 24.1 Å². The first-order chi connectivity index (χ1) is 6.94. The van der Waals surface area contributed by atoms with Crippen LogP contribution in [0.3, 0.4) is 0 Å². The molecule has 0 aliphatic rings. The van der Waals surface area contributed by atoms with Gasteiger partial charge in [0, 0.05) is 17.8 Å². The first-order valence-electron chi connectivity index (χ1n) is 4.82. The first-order valence-corrected chi connectivity index (χ1v) is 5.20. The number of benzene rings is 1. The van der Waals surface area contributed by atoms with Crippen LogP contribution in [0.5, 0.6) is 0 Å². The molecule has 0 aliphatic carbocycles. The van der Waals surface area contributed by atoms with Gasteiger partial charge in [0.05, 0.1) is 5.02 Å². The molecule has 4 heteroatoms. The van der Waals surface area contributed by atoms with Gasteiger partial charge in [-0.25, -0.2) is 4.39 Å². The third kappa shape index (κ3) is 3.68. The van der Waals surface area contributed by atoms with E-state index >= 15 is 0 Å². The smallest absolute Gasteiger partial charge is 0.141 e.